The van der Waals surface area contributed by atoms with E-state index in [1.54, 1.807) is 36.4 Å². The summed E-state index contributed by atoms with van der Waals surface area (Å²) in [7, 11) is -3.71. The first kappa shape index (κ1) is 21.4. The number of hydrogen-bond acceptors (Lipinski definition) is 4. The van der Waals surface area contributed by atoms with Gasteiger partial charge in [-0.25, -0.2) is 8.42 Å². The third-order valence-electron chi connectivity index (χ3n) is 4.48. The van der Waals surface area contributed by atoms with E-state index in [0.29, 0.717) is 23.5 Å². The van der Waals surface area contributed by atoms with Gasteiger partial charge in [0.25, 0.3) is 15.9 Å². The minimum absolute atomic E-state index is 0.104. The van der Waals surface area contributed by atoms with Gasteiger partial charge in [-0.2, -0.15) is 0 Å². The number of anilines is 2. The number of rotatable bonds is 8. The molecule has 0 unspecified atom stereocenters. The third-order valence-corrected chi connectivity index (χ3v) is 5.88. The predicted octanol–water partition coefficient (Wildman–Crippen LogP) is 4.59. The van der Waals surface area contributed by atoms with E-state index in [1.165, 1.54) is 12.1 Å². The van der Waals surface area contributed by atoms with Crippen LogP contribution in [0.2, 0.25) is 0 Å². The standard InChI is InChI=1S/C23H24N2O4S/c1-3-21(29-22-12-8-7-9-17(22)2)23(26)24-18-13-15-20(16-14-18)30(27,28)25-19-10-5-4-6-11-19/h4-16,21,25H,3H2,1-2H3,(H,24,26)/t21-/m1/s1. The van der Waals surface area contributed by atoms with Crippen molar-refractivity contribution in [2.24, 2.45) is 0 Å². The summed E-state index contributed by atoms with van der Waals surface area (Å²) in [5.74, 6) is 0.367. The molecule has 156 valence electrons. The molecule has 6 nitrogen and oxygen atoms in total. The molecule has 0 fully saturated rings. The largest absolute Gasteiger partial charge is 0.480 e. The molecule has 0 aliphatic rings. The number of ether oxygens (including phenoxy) is 1. The van der Waals surface area contributed by atoms with Crippen molar-refractivity contribution in [2.75, 3.05) is 10.0 Å². The van der Waals surface area contributed by atoms with Crippen molar-refractivity contribution in [1.29, 1.82) is 0 Å². The number of amides is 1. The Hall–Kier alpha value is -3.32. The predicted molar refractivity (Wildman–Crippen MR) is 118 cm³/mol. The van der Waals surface area contributed by atoms with Crippen LogP contribution < -0.4 is 14.8 Å². The first-order valence-corrected chi connectivity index (χ1v) is 11.1. The Morgan fingerprint density at radius 1 is 0.900 bits per heavy atom. The SMILES string of the molecule is CC[C@@H](Oc1ccccc1C)C(=O)Nc1ccc(S(=O)(=O)Nc2ccccc2)cc1. The van der Waals surface area contributed by atoms with Crippen molar-refractivity contribution >= 4 is 27.3 Å². The zero-order valence-electron chi connectivity index (χ0n) is 16.8. The van der Waals surface area contributed by atoms with Crippen molar-refractivity contribution in [2.45, 2.75) is 31.3 Å². The van der Waals surface area contributed by atoms with Gasteiger partial charge in [0.15, 0.2) is 6.10 Å². The maximum absolute atomic E-state index is 12.6. The fourth-order valence-electron chi connectivity index (χ4n) is 2.82. The molecule has 0 aromatic heterocycles. The summed E-state index contributed by atoms with van der Waals surface area (Å²) in [6, 6.07) is 22.2. The van der Waals surface area contributed by atoms with Gasteiger partial charge < -0.3 is 10.1 Å². The van der Waals surface area contributed by atoms with Gasteiger partial charge in [0.1, 0.15) is 5.75 Å². The highest BCUT2D eigenvalue weighted by Crippen LogP contribution is 2.21. The van der Waals surface area contributed by atoms with Crippen molar-refractivity contribution < 1.29 is 17.9 Å². The van der Waals surface area contributed by atoms with Crippen molar-refractivity contribution in [3.63, 3.8) is 0 Å². The van der Waals surface area contributed by atoms with E-state index in [0.717, 1.165) is 5.56 Å². The molecule has 3 aromatic carbocycles. The number of hydrogen-bond donors (Lipinski definition) is 2. The summed E-state index contributed by atoms with van der Waals surface area (Å²) < 4.78 is 33.4. The maximum Gasteiger partial charge on any atom is 0.265 e. The Bertz CT molecular complexity index is 1100. The number of nitrogens with one attached hydrogen (secondary N) is 2. The molecular formula is C23H24N2O4S. The van der Waals surface area contributed by atoms with E-state index in [-0.39, 0.29) is 10.8 Å². The van der Waals surface area contributed by atoms with Crippen LogP contribution >= 0.6 is 0 Å². The van der Waals surface area contributed by atoms with Crippen LogP contribution in [0.15, 0.2) is 83.8 Å². The molecular weight excluding hydrogens is 400 g/mol. The van der Waals surface area contributed by atoms with Crippen LogP contribution in [-0.2, 0) is 14.8 Å². The third kappa shape index (κ3) is 5.39. The van der Waals surface area contributed by atoms with Gasteiger partial charge >= 0.3 is 0 Å². The summed E-state index contributed by atoms with van der Waals surface area (Å²) in [4.78, 5) is 12.7. The van der Waals surface area contributed by atoms with Crippen molar-refractivity contribution in [3.8, 4) is 5.75 Å². The lowest BCUT2D eigenvalue weighted by atomic mass is 10.2. The molecule has 0 spiro atoms. The fraction of sp³-hybridized carbons (Fsp3) is 0.174. The van der Waals surface area contributed by atoms with Crippen LogP contribution in [0.25, 0.3) is 0 Å². The van der Waals surface area contributed by atoms with E-state index in [4.69, 9.17) is 4.74 Å². The lowest BCUT2D eigenvalue weighted by Crippen LogP contribution is -2.32. The van der Waals surface area contributed by atoms with Gasteiger partial charge in [-0.3, -0.25) is 9.52 Å². The molecule has 1 atom stereocenters. The molecule has 2 N–H and O–H groups in total. The first-order chi connectivity index (χ1) is 14.4. The lowest BCUT2D eigenvalue weighted by molar-refractivity contribution is -0.122. The van der Waals surface area contributed by atoms with Gasteiger partial charge in [0, 0.05) is 11.4 Å². The quantitative estimate of drug-likeness (QED) is 0.554. The maximum atomic E-state index is 12.6. The van der Waals surface area contributed by atoms with Gasteiger partial charge in [0.2, 0.25) is 0 Å². The number of sulfonamides is 1. The molecule has 0 heterocycles. The Morgan fingerprint density at radius 3 is 2.17 bits per heavy atom. The van der Waals surface area contributed by atoms with Crippen molar-refractivity contribution in [3.05, 3.63) is 84.4 Å². The van der Waals surface area contributed by atoms with E-state index >= 15 is 0 Å². The Morgan fingerprint density at radius 2 is 1.53 bits per heavy atom. The van der Waals surface area contributed by atoms with Gasteiger partial charge in [-0.1, -0.05) is 43.3 Å². The van der Waals surface area contributed by atoms with Crippen LogP contribution in [-0.4, -0.2) is 20.4 Å². The zero-order valence-corrected chi connectivity index (χ0v) is 17.6. The highest BCUT2D eigenvalue weighted by molar-refractivity contribution is 7.92. The van der Waals surface area contributed by atoms with E-state index < -0.39 is 16.1 Å². The minimum Gasteiger partial charge on any atom is -0.480 e. The van der Waals surface area contributed by atoms with Gasteiger partial charge in [-0.05, 0) is 61.4 Å². The second kappa shape index (κ2) is 9.45. The number of aryl methyl sites for hydroxylation is 1. The Balaban J connectivity index is 1.67. The minimum atomic E-state index is -3.71. The monoisotopic (exact) mass is 424 g/mol. The Labute approximate surface area is 177 Å². The summed E-state index contributed by atoms with van der Waals surface area (Å²) in [6.07, 6.45) is -0.164. The molecule has 0 bridgehead atoms. The van der Waals surface area contributed by atoms with Crippen molar-refractivity contribution in [1.82, 2.24) is 0 Å². The molecule has 0 radical (unpaired) electrons. The average molecular weight is 425 g/mol. The highest BCUT2D eigenvalue weighted by atomic mass is 32.2. The number of carbonyl (C=O) groups excluding carboxylic acids is 1. The number of benzene rings is 3. The second-order valence-corrected chi connectivity index (χ2v) is 8.45. The van der Waals surface area contributed by atoms with E-state index in [2.05, 4.69) is 10.0 Å². The van der Waals surface area contributed by atoms with Crippen LogP contribution in [0.1, 0.15) is 18.9 Å². The van der Waals surface area contributed by atoms with E-state index in [1.807, 2.05) is 44.2 Å². The summed E-state index contributed by atoms with van der Waals surface area (Å²) in [5, 5.41) is 2.78. The molecule has 0 saturated heterocycles. The molecule has 3 aromatic rings. The first-order valence-electron chi connectivity index (χ1n) is 9.60. The summed E-state index contributed by atoms with van der Waals surface area (Å²) in [5.41, 5.74) is 1.92. The molecule has 7 heteroatoms. The fourth-order valence-corrected chi connectivity index (χ4v) is 3.88. The van der Waals surface area contributed by atoms with Crippen LogP contribution in [0, 0.1) is 6.92 Å². The average Bonchev–Trinajstić information content (AvgIpc) is 2.74. The Kier molecular flexibility index (Phi) is 6.74. The zero-order chi connectivity index (χ0) is 21.6. The molecule has 0 aliphatic heterocycles. The van der Waals surface area contributed by atoms with Crippen LogP contribution in [0.4, 0.5) is 11.4 Å². The molecule has 0 aliphatic carbocycles. The summed E-state index contributed by atoms with van der Waals surface area (Å²) in [6.45, 7) is 3.79. The van der Waals surface area contributed by atoms with E-state index in [9.17, 15) is 13.2 Å². The number of carbonyl (C=O) groups is 1. The highest BCUT2D eigenvalue weighted by Gasteiger charge is 2.20. The number of para-hydroxylation sites is 2. The molecule has 3 rings (SSSR count). The second-order valence-electron chi connectivity index (χ2n) is 6.77. The van der Waals surface area contributed by atoms with Crippen LogP contribution in [0.5, 0.6) is 5.75 Å². The normalized spacial score (nSPS) is 12.1. The topological polar surface area (TPSA) is 84.5 Å². The molecule has 30 heavy (non-hydrogen) atoms. The lowest BCUT2D eigenvalue weighted by Gasteiger charge is -2.18. The summed E-state index contributed by atoms with van der Waals surface area (Å²) >= 11 is 0. The molecule has 0 saturated carbocycles. The van der Waals surface area contributed by atoms with Crippen LogP contribution in [0.3, 0.4) is 0 Å². The smallest absolute Gasteiger partial charge is 0.265 e. The van der Waals surface area contributed by atoms with Gasteiger partial charge in [-0.15, -0.1) is 0 Å². The van der Waals surface area contributed by atoms with Gasteiger partial charge in [0.05, 0.1) is 4.90 Å². The molecule has 1 amide bonds.